The summed E-state index contributed by atoms with van der Waals surface area (Å²) in [4.78, 5) is 11.5. The molecular weight excluding hydrogens is 280 g/mol. The van der Waals surface area contributed by atoms with E-state index in [2.05, 4.69) is 5.32 Å². The third kappa shape index (κ3) is 4.69. The maximum Gasteiger partial charge on any atom is 0.416 e. The van der Waals surface area contributed by atoms with Crippen molar-refractivity contribution < 1.29 is 27.1 Å². The van der Waals surface area contributed by atoms with Gasteiger partial charge in [0.25, 0.3) is 0 Å². The molecule has 4 nitrogen and oxygen atoms in total. The lowest BCUT2D eigenvalue weighted by Gasteiger charge is -2.15. The van der Waals surface area contributed by atoms with Crippen LogP contribution in [0.15, 0.2) is 18.2 Å². The van der Waals surface area contributed by atoms with Gasteiger partial charge in [0.1, 0.15) is 5.82 Å². The van der Waals surface area contributed by atoms with Gasteiger partial charge in [-0.15, -0.1) is 0 Å². The molecule has 0 aliphatic rings. The predicted molar refractivity (Wildman–Crippen MR) is 64.9 cm³/mol. The molecule has 1 atom stereocenters. The quantitative estimate of drug-likeness (QED) is 0.839. The van der Waals surface area contributed by atoms with Crippen molar-refractivity contribution in [2.45, 2.75) is 19.1 Å². The van der Waals surface area contributed by atoms with E-state index in [0.29, 0.717) is 18.2 Å². The number of carbonyl (C=O) groups excluding carboxylic acids is 1. The minimum atomic E-state index is -4.61. The van der Waals surface area contributed by atoms with Crippen molar-refractivity contribution in [3.05, 3.63) is 29.6 Å². The summed E-state index contributed by atoms with van der Waals surface area (Å²) in [6, 6.07) is 0.612. The smallest absolute Gasteiger partial charge is 0.383 e. The van der Waals surface area contributed by atoms with Crippen LogP contribution in [0.25, 0.3) is 0 Å². The maximum atomic E-state index is 13.4. The molecule has 8 heteroatoms. The molecule has 1 rings (SSSR count). The zero-order valence-corrected chi connectivity index (χ0v) is 10.8. The third-order valence-electron chi connectivity index (χ3n) is 2.34. The molecule has 0 heterocycles. The molecule has 0 saturated heterocycles. The van der Waals surface area contributed by atoms with Crippen LogP contribution in [0.1, 0.15) is 12.5 Å². The zero-order chi connectivity index (χ0) is 15.3. The minimum absolute atomic E-state index is 0.221. The SMILES string of the molecule is COCC(C)NC(=O)Nc1cc(C(F)(F)F)ccc1F. The summed E-state index contributed by atoms with van der Waals surface area (Å²) in [7, 11) is 1.43. The van der Waals surface area contributed by atoms with E-state index in [9.17, 15) is 22.4 Å². The van der Waals surface area contributed by atoms with Crippen LogP contribution in [0.4, 0.5) is 28.0 Å². The van der Waals surface area contributed by atoms with Gasteiger partial charge < -0.3 is 15.4 Å². The molecule has 0 bridgehead atoms. The fourth-order valence-corrected chi connectivity index (χ4v) is 1.47. The molecule has 0 aromatic heterocycles. The van der Waals surface area contributed by atoms with Gasteiger partial charge in [0.15, 0.2) is 0 Å². The van der Waals surface area contributed by atoms with Crippen molar-refractivity contribution in [2.24, 2.45) is 0 Å². The first-order valence-electron chi connectivity index (χ1n) is 5.67. The third-order valence-corrected chi connectivity index (χ3v) is 2.34. The number of hydrogen-bond acceptors (Lipinski definition) is 2. The Bertz CT molecular complexity index is 477. The van der Waals surface area contributed by atoms with E-state index in [1.807, 2.05) is 5.32 Å². The van der Waals surface area contributed by atoms with Crippen molar-refractivity contribution in [3.8, 4) is 0 Å². The van der Waals surface area contributed by atoms with E-state index in [0.717, 1.165) is 0 Å². The lowest BCUT2D eigenvalue weighted by atomic mass is 10.2. The zero-order valence-electron chi connectivity index (χ0n) is 10.8. The van der Waals surface area contributed by atoms with Crippen LogP contribution in [-0.4, -0.2) is 25.8 Å². The van der Waals surface area contributed by atoms with E-state index in [1.165, 1.54) is 7.11 Å². The maximum absolute atomic E-state index is 13.4. The van der Waals surface area contributed by atoms with Gasteiger partial charge in [-0.05, 0) is 25.1 Å². The Morgan fingerprint density at radius 3 is 2.60 bits per heavy atom. The normalized spacial score (nSPS) is 12.9. The molecule has 20 heavy (non-hydrogen) atoms. The Morgan fingerprint density at radius 2 is 2.05 bits per heavy atom. The lowest BCUT2D eigenvalue weighted by molar-refractivity contribution is -0.137. The van der Waals surface area contributed by atoms with Crippen LogP contribution in [0, 0.1) is 5.82 Å². The Hall–Kier alpha value is -1.83. The number of hydrogen-bond donors (Lipinski definition) is 2. The summed E-state index contributed by atoms with van der Waals surface area (Å²) in [5.41, 5.74) is -1.58. The number of rotatable bonds is 4. The molecule has 0 aliphatic heterocycles. The van der Waals surface area contributed by atoms with Gasteiger partial charge >= 0.3 is 12.2 Å². The van der Waals surface area contributed by atoms with Crippen LogP contribution in [-0.2, 0) is 10.9 Å². The van der Waals surface area contributed by atoms with Gasteiger partial charge in [0.2, 0.25) is 0 Å². The van der Waals surface area contributed by atoms with Crippen molar-refractivity contribution in [3.63, 3.8) is 0 Å². The molecular formula is C12H14F4N2O2. The number of benzene rings is 1. The summed E-state index contributed by atoms with van der Waals surface area (Å²) in [5.74, 6) is -0.951. The molecule has 0 fully saturated rings. The number of halogens is 4. The van der Waals surface area contributed by atoms with Crippen LogP contribution >= 0.6 is 0 Å². The van der Waals surface area contributed by atoms with E-state index >= 15 is 0 Å². The number of carbonyl (C=O) groups is 1. The Morgan fingerprint density at radius 1 is 1.40 bits per heavy atom. The molecule has 0 aliphatic carbocycles. The monoisotopic (exact) mass is 294 g/mol. The summed E-state index contributed by atoms with van der Waals surface area (Å²) in [5, 5.41) is 4.42. The summed E-state index contributed by atoms with van der Waals surface area (Å²) in [6.07, 6.45) is -4.61. The van der Waals surface area contributed by atoms with E-state index in [4.69, 9.17) is 4.74 Å². The molecule has 1 aromatic rings. The average molecular weight is 294 g/mol. The van der Waals surface area contributed by atoms with E-state index in [-0.39, 0.29) is 12.6 Å². The topological polar surface area (TPSA) is 50.4 Å². The first kappa shape index (κ1) is 16.2. The number of alkyl halides is 3. The highest BCUT2D eigenvalue weighted by Crippen LogP contribution is 2.31. The summed E-state index contributed by atoms with van der Waals surface area (Å²) in [6.45, 7) is 1.85. The highest BCUT2D eigenvalue weighted by Gasteiger charge is 2.31. The van der Waals surface area contributed by atoms with Gasteiger partial charge in [-0.25, -0.2) is 9.18 Å². The number of urea groups is 1. The number of anilines is 1. The fraction of sp³-hybridized carbons (Fsp3) is 0.417. The first-order valence-corrected chi connectivity index (χ1v) is 5.67. The van der Waals surface area contributed by atoms with Crippen LogP contribution < -0.4 is 10.6 Å². The molecule has 2 amide bonds. The molecule has 1 aromatic carbocycles. The Labute approximate surface area is 113 Å². The van der Waals surface area contributed by atoms with Gasteiger partial charge in [0.05, 0.1) is 23.9 Å². The lowest BCUT2D eigenvalue weighted by Crippen LogP contribution is -2.38. The second-order valence-electron chi connectivity index (χ2n) is 4.15. The molecule has 0 radical (unpaired) electrons. The van der Waals surface area contributed by atoms with Crippen molar-refractivity contribution >= 4 is 11.7 Å². The summed E-state index contributed by atoms with van der Waals surface area (Å²) < 4.78 is 55.6. The van der Waals surface area contributed by atoms with Crippen LogP contribution in [0.3, 0.4) is 0 Å². The van der Waals surface area contributed by atoms with Gasteiger partial charge in [-0.1, -0.05) is 0 Å². The van der Waals surface area contributed by atoms with Crippen molar-refractivity contribution in [1.82, 2.24) is 5.32 Å². The van der Waals surface area contributed by atoms with Gasteiger partial charge in [-0.2, -0.15) is 13.2 Å². The Balaban J connectivity index is 2.79. The molecule has 112 valence electrons. The van der Waals surface area contributed by atoms with E-state index in [1.54, 1.807) is 6.92 Å². The average Bonchev–Trinajstić information content (AvgIpc) is 2.30. The Kier molecular flexibility index (Phi) is 5.32. The fourth-order valence-electron chi connectivity index (χ4n) is 1.47. The number of nitrogens with one attached hydrogen (secondary N) is 2. The van der Waals surface area contributed by atoms with Crippen LogP contribution in [0.2, 0.25) is 0 Å². The van der Waals surface area contributed by atoms with Crippen molar-refractivity contribution in [1.29, 1.82) is 0 Å². The summed E-state index contributed by atoms with van der Waals surface area (Å²) >= 11 is 0. The number of methoxy groups -OCH3 is 1. The van der Waals surface area contributed by atoms with Gasteiger partial charge in [-0.3, -0.25) is 0 Å². The van der Waals surface area contributed by atoms with Gasteiger partial charge in [0, 0.05) is 7.11 Å². The predicted octanol–water partition coefficient (Wildman–Crippen LogP) is 3.00. The molecule has 2 N–H and O–H groups in total. The largest absolute Gasteiger partial charge is 0.416 e. The first-order chi connectivity index (χ1) is 9.24. The number of ether oxygens (including phenoxy) is 1. The standard InChI is InChI=1S/C12H14F4N2O2/c1-7(6-20-2)17-11(19)18-10-5-8(12(14,15)16)3-4-9(10)13/h3-5,7H,6H2,1-2H3,(H2,17,18,19). The van der Waals surface area contributed by atoms with Crippen molar-refractivity contribution in [2.75, 3.05) is 19.0 Å². The molecule has 0 saturated carbocycles. The molecule has 0 spiro atoms. The van der Waals surface area contributed by atoms with E-state index < -0.39 is 29.3 Å². The molecule has 1 unspecified atom stereocenters. The minimum Gasteiger partial charge on any atom is -0.383 e. The highest BCUT2D eigenvalue weighted by atomic mass is 19.4. The highest BCUT2D eigenvalue weighted by molar-refractivity contribution is 5.89. The second-order valence-corrected chi connectivity index (χ2v) is 4.15. The van der Waals surface area contributed by atoms with Crippen LogP contribution in [0.5, 0.6) is 0 Å². The number of amides is 2. The second kappa shape index (κ2) is 6.56.